The van der Waals surface area contributed by atoms with Crippen molar-refractivity contribution in [1.29, 1.82) is 0 Å². The molecule has 0 unspecified atom stereocenters. The van der Waals surface area contributed by atoms with Crippen molar-refractivity contribution in [3.8, 4) is 5.75 Å². The quantitative estimate of drug-likeness (QED) is 0.229. The molecule has 8 nitrogen and oxygen atoms in total. The summed E-state index contributed by atoms with van der Waals surface area (Å²) in [7, 11) is -4.21. The molecule has 0 radical (unpaired) electrons. The third-order valence-electron chi connectivity index (χ3n) is 6.45. The Balaban J connectivity index is 2.04. The molecule has 0 aromatic heterocycles. The molecule has 0 spiro atoms. The molecule has 0 bridgehead atoms. The highest BCUT2D eigenvalue weighted by molar-refractivity contribution is 7.92. The van der Waals surface area contributed by atoms with Crippen LogP contribution in [0.15, 0.2) is 77.7 Å². The number of halogens is 2. The summed E-state index contributed by atoms with van der Waals surface area (Å²) in [5.74, 6) is -0.0650. The van der Waals surface area contributed by atoms with E-state index in [2.05, 4.69) is 5.32 Å². The van der Waals surface area contributed by atoms with Gasteiger partial charge in [-0.1, -0.05) is 56.1 Å². The first-order chi connectivity index (χ1) is 20.0. The van der Waals surface area contributed by atoms with Crippen molar-refractivity contribution in [3.63, 3.8) is 0 Å². The Morgan fingerprint density at radius 3 is 1.98 bits per heavy atom. The Kier molecular flexibility index (Phi) is 12.1. The normalized spacial score (nSPS) is 12.1. The van der Waals surface area contributed by atoms with Gasteiger partial charge in [0.05, 0.1) is 17.2 Å². The summed E-state index contributed by atoms with van der Waals surface area (Å²) in [6, 6.07) is 18.3. The van der Waals surface area contributed by atoms with Crippen LogP contribution in [0.25, 0.3) is 0 Å². The lowest BCUT2D eigenvalue weighted by Crippen LogP contribution is -2.52. The number of rotatable bonds is 14. The maximum absolute atomic E-state index is 14.1. The Morgan fingerprint density at radius 2 is 1.45 bits per heavy atom. The van der Waals surface area contributed by atoms with Gasteiger partial charge >= 0.3 is 0 Å². The Labute approximate surface area is 258 Å². The lowest BCUT2D eigenvalue weighted by Gasteiger charge is -2.33. The highest BCUT2D eigenvalue weighted by Gasteiger charge is 2.33. The molecular formula is C31H37Cl2N3O5S. The van der Waals surface area contributed by atoms with Crippen LogP contribution in [-0.4, -0.2) is 50.9 Å². The van der Waals surface area contributed by atoms with E-state index in [1.807, 2.05) is 27.7 Å². The molecule has 3 aromatic rings. The number of carbonyl (C=O) groups excluding carboxylic acids is 2. The highest BCUT2D eigenvalue weighted by atomic mass is 35.5. The van der Waals surface area contributed by atoms with Gasteiger partial charge in [-0.3, -0.25) is 13.9 Å². The average molecular weight is 635 g/mol. The van der Waals surface area contributed by atoms with Crippen LogP contribution < -0.4 is 14.4 Å². The molecule has 3 rings (SSSR count). The van der Waals surface area contributed by atoms with Gasteiger partial charge in [0.25, 0.3) is 10.0 Å². The van der Waals surface area contributed by atoms with Crippen LogP contribution in [0.3, 0.4) is 0 Å². The topological polar surface area (TPSA) is 96.0 Å². The van der Waals surface area contributed by atoms with E-state index in [-0.39, 0.29) is 29.0 Å². The number of anilines is 1. The second-order valence-corrected chi connectivity index (χ2v) is 12.8. The summed E-state index contributed by atoms with van der Waals surface area (Å²) in [5, 5.41) is 3.83. The monoisotopic (exact) mass is 633 g/mol. The predicted molar refractivity (Wildman–Crippen MR) is 168 cm³/mol. The van der Waals surface area contributed by atoms with E-state index in [9.17, 15) is 18.0 Å². The van der Waals surface area contributed by atoms with Crippen LogP contribution in [-0.2, 0) is 26.2 Å². The number of nitrogens with one attached hydrogen (secondary N) is 1. The van der Waals surface area contributed by atoms with Crippen molar-refractivity contribution >= 4 is 50.7 Å². The molecule has 3 aromatic carbocycles. The van der Waals surface area contributed by atoms with Gasteiger partial charge in [0, 0.05) is 23.1 Å². The van der Waals surface area contributed by atoms with Crippen molar-refractivity contribution in [2.24, 2.45) is 5.92 Å². The number of benzene rings is 3. The van der Waals surface area contributed by atoms with Crippen LogP contribution in [0.4, 0.5) is 5.69 Å². The zero-order valence-electron chi connectivity index (χ0n) is 24.2. The van der Waals surface area contributed by atoms with Gasteiger partial charge < -0.3 is 15.0 Å². The zero-order valence-corrected chi connectivity index (χ0v) is 26.5. The molecule has 1 N–H and O–H groups in total. The van der Waals surface area contributed by atoms with Crippen LogP contribution >= 0.6 is 23.2 Å². The molecule has 226 valence electrons. The van der Waals surface area contributed by atoms with Crippen molar-refractivity contribution < 1.29 is 22.7 Å². The van der Waals surface area contributed by atoms with Gasteiger partial charge in [-0.05, 0) is 85.5 Å². The summed E-state index contributed by atoms with van der Waals surface area (Å²) in [4.78, 5) is 28.8. The first-order valence-corrected chi connectivity index (χ1v) is 16.0. The number of sulfonamides is 1. The first-order valence-electron chi connectivity index (χ1n) is 13.8. The Hall–Kier alpha value is -3.27. The fraction of sp³-hybridized carbons (Fsp3) is 0.355. The van der Waals surface area contributed by atoms with Crippen LogP contribution in [0.1, 0.15) is 39.7 Å². The minimum atomic E-state index is -4.21. The molecular weight excluding hydrogens is 597 g/mol. The van der Waals surface area contributed by atoms with Gasteiger partial charge in [-0.25, -0.2) is 8.42 Å². The standard InChI is InChI=1S/C31H37Cl2N3O5S/c1-5-29(31(38)34-19-22(3)4)35(20-23-7-9-24(32)10-8-23)30(37)21-36(26-13-15-27(16-14-26)41-6-2)42(39,40)28-17-11-25(33)12-18-28/h7-18,22,29H,5-6,19-21H2,1-4H3,(H,34,38)/t29-/m0/s1. The molecule has 0 aliphatic heterocycles. The first kappa shape index (κ1) is 33.2. The second-order valence-electron chi connectivity index (χ2n) is 10.1. The van der Waals surface area contributed by atoms with E-state index in [4.69, 9.17) is 27.9 Å². The molecule has 0 aliphatic rings. The number of hydrogen-bond donors (Lipinski definition) is 1. The number of ether oxygens (including phenoxy) is 1. The Morgan fingerprint density at radius 1 is 0.881 bits per heavy atom. The molecule has 42 heavy (non-hydrogen) atoms. The van der Waals surface area contributed by atoms with Crippen molar-refractivity contribution in [1.82, 2.24) is 10.2 Å². The van der Waals surface area contributed by atoms with E-state index < -0.39 is 28.5 Å². The van der Waals surface area contributed by atoms with Crippen molar-refractivity contribution in [2.45, 2.75) is 51.6 Å². The maximum atomic E-state index is 14.1. The molecule has 0 aliphatic carbocycles. The molecule has 0 saturated carbocycles. The molecule has 0 saturated heterocycles. The molecule has 0 heterocycles. The van der Waals surface area contributed by atoms with E-state index in [0.29, 0.717) is 35.4 Å². The lowest BCUT2D eigenvalue weighted by molar-refractivity contribution is -0.140. The van der Waals surface area contributed by atoms with Gasteiger partial charge in [-0.2, -0.15) is 0 Å². The van der Waals surface area contributed by atoms with E-state index >= 15 is 0 Å². The highest BCUT2D eigenvalue weighted by Crippen LogP contribution is 2.27. The average Bonchev–Trinajstić information content (AvgIpc) is 2.96. The largest absolute Gasteiger partial charge is 0.494 e. The molecule has 1 atom stereocenters. The van der Waals surface area contributed by atoms with E-state index in [1.54, 1.807) is 48.5 Å². The van der Waals surface area contributed by atoms with Crippen LogP contribution in [0.2, 0.25) is 10.0 Å². The third kappa shape index (κ3) is 8.86. The van der Waals surface area contributed by atoms with Crippen molar-refractivity contribution in [2.75, 3.05) is 24.0 Å². The smallest absolute Gasteiger partial charge is 0.264 e. The van der Waals surface area contributed by atoms with E-state index in [0.717, 1.165) is 9.87 Å². The number of amides is 2. The fourth-order valence-corrected chi connectivity index (χ4v) is 5.93. The maximum Gasteiger partial charge on any atom is 0.264 e. The summed E-state index contributed by atoms with van der Waals surface area (Å²) >= 11 is 12.1. The minimum absolute atomic E-state index is 0.0282. The van der Waals surface area contributed by atoms with Gasteiger partial charge in [-0.15, -0.1) is 0 Å². The summed E-state index contributed by atoms with van der Waals surface area (Å²) in [5.41, 5.74) is 1.02. The lowest BCUT2D eigenvalue weighted by atomic mass is 10.1. The minimum Gasteiger partial charge on any atom is -0.494 e. The van der Waals surface area contributed by atoms with Crippen molar-refractivity contribution in [3.05, 3.63) is 88.4 Å². The SMILES string of the molecule is CCOc1ccc(N(CC(=O)N(Cc2ccc(Cl)cc2)[C@@H](CC)C(=O)NCC(C)C)S(=O)(=O)c2ccc(Cl)cc2)cc1. The zero-order chi connectivity index (χ0) is 30.9. The van der Waals surface area contributed by atoms with Crippen LogP contribution in [0, 0.1) is 5.92 Å². The number of nitrogens with zero attached hydrogens (tertiary/aromatic N) is 2. The molecule has 2 amide bonds. The summed E-state index contributed by atoms with van der Waals surface area (Å²) in [6.45, 7) is 8.06. The van der Waals surface area contributed by atoms with Gasteiger partial charge in [0.15, 0.2) is 0 Å². The molecule has 11 heteroatoms. The van der Waals surface area contributed by atoms with Crippen LogP contribution in [0.5, 0.6) is 5.75 Å². The summed E-state index contributed by atoms with van der Waals surface area (Å²) in [6.07, 6.45) is 0.330. The number of hydrogen-bond acceptors (Lipinski definition) is 5. The Bertz CT molecular complexity index is 1430. The second kappa shape index (κ2) is 15.3. The summed E-state index contributed by atoms with van der Waals surface area (Å²) < 4.78 is 34.5. The fourth-order valence-electron chi connectivity index (χ4n) is 4.27. The van der Waals surface area contributed by atoms with E-state index in [1.165, 1.54) is 29.2 Å². The van der Waals surface area contributed by atoms with Gasteiger partial charge in [0.1, 0.15) is 18.3 Å². The molecule has 0 fully saturated rings. The van der Waals surface area contributed by atoms with Gasteiger partial charge in [0.2, 0.25) is 11.8 Å². The number of carbonyl (C=O) groups is 2. The predicted octanol–water partition coefficient (Wildman–Crippen LogP) is 6.17. The third-order valence-corrected chi connectivity index (χ3v) is 8.74.